The van der Waals surface area contributed by atoms with E-state index in [0.29, 0.717) is 12.5 Å². The van der Waals surface area contributed by atoms with Crippen LogP contribution in [0.15, 0.2) is 60.7 Å². The first-order valence-corrected chi connectivity index (χ1v) is 9.75. The van der Waals surface area contributed by atoms with Crippen LogP contribution in [0.3, 0.4) is 0 Å². The highest BCUT2D eigenvalue weighted by Gasteiger charge is 2.52. The summed E-state index contributed by atoms with van der Waals surface area (Å²) in [6.45, 7) is 2.14. The third-order valence-corrected chi connectivity index (χ3v) is 6.34. The number of ether oxygens (including phenoxy) is 2. The van der Waals surface area contributed by atoms with E-state index in [1.165, 1.54) is 12.7 Å². The molecule has 27 heavy (non-hydrogen) atoms. The van der Waals surface area contributed by atoms with Crippen LogP contribution in [-0.2, 0) is 21.4 Å². The topological polar surface area (TPSA) is 38.8 Å². The number of rotatable bonds is 4. The maximum Gasteiger partial charge on any atom is 0.410 e. The van der Waals surface area contributed by atoms with Crippen molar-refractivity contribution in [3.8, 4) is 0 Å². The first-order valence-electron chi connectivity index (χ1n) is 9.75. The number of hydrogen-bond donors (Lipinski definition) is 0. The second-order valence-electron chi connectivity index (χ2n) is 7.72. The largest absolute Gasteiger partial charge is 0.453 e. The van der Waals surface area contributed by atoms with E-state index in [0.717, 1.165) is 38.0 Å². The SMILES string of the molecule is COC(=O)N(Cc1ccccc1)[C@@H]1C[C@@H]2COCC[C@]2(c2ccccc2)C1. The lowest BCUT2D eigenvalue weighted by Crippen LogP contribution is -2.40. The van der Waals surface area contributed by atoms with Crippen molar-refractivity contribution in [2.45, 2.75) is 37.3 Å². The van der Waals surface area contributed by atoms with E-state index in [1.54, 1.807) is 0 Å². The zero-order chi connectivity index (χ0) is 18.7. The second-order valence-corrected chi connectivity index (χ2v) is 7.72. The molecule has 2 aromatic carbocycles. The van der Waals surface area contributed by atoms with Gasteiger partial charge < -0.3 is 14.4 Å². The van der Waals surface area contributed by atoms with Crippen LogP contribution in [0.4, 0.5) is 4.79 Å². The summed E-state index contributed by atoms with van der Waals surface area (Å²) in [5.41, 5.74) is 2.60. The molecule has 1 saturated heterocycles. The Balaban J connectivity index is 1.63. The monoisotopic (exact) mass is 365 g/mol. The third-order valence-electron chi connectivity index (χ3n) is 6.34. The highest BCUT2D eigenvalue weighted by Crippen LogP contribution is 2.51. The summed E-state index contributed by atoms with van der Waals surface area (Å²) in [4.78, 5) is 14.5. The van der Waals surface area contributed by atoms with Crippen molar-refractivity contribution >= 4 is 6.09 Å². The molecule has 4 nitrogen and oxygen atoms in total. The molecule has 2 aromatic rings. The molecule has 0 N–H and O–H groups in total. The minimum absolute atomic E-state index is 0.0904. The molecule has 0 unspecified atom stereocenters. The Kier molecular flexibility index (Phi) is 5.17. The number of nitrogens with zero attached hydrogens (tertiary/aromatic N) is 1. The molecule has 2 aliphatic rings. The van der Waals surface area contributed by atoms with Gasteiger partial charge in [0.15, 0.2) is 0 Å². The Hall–Kier alpha value is -2.33. The first kappa shape index (κ1) is 18.1. The van der Waals surface area contributed by atoms with Gasteiger partial charge in [-0.15, -0.1) is 0 Å². The Morgan fingerprint density at radius 1 is 1.15 bits per heavy atom. The van der Waals surface area contributed by atoms with Gasteiger partial charge in [-0.25, -0.2) is 4.79 Å². The molecule has 2 fully saturated rings. The molecule has 1 heterocycles. The number of fused-ring (bicyclic) bond motifs is 1. The molecular formula is C23H27NO3. The standard InChI is InChI=1S/C23H27NO3/c1-26-22(25)24(16-18-8-4-2-5-9-18)21-14-20-17-27-13-12-23(20,15-21)19-10-6-3-7-11-19/h2-11,20-21H,12-17H2,1H3/t20-,21-,23-/m1/s1. The van der Waals surface area contributed by atoms with Crippen molar-refractivity contribution in [2.24, 2.45) is 5.92 Å². The van der Waals surface area contributed by atoms with Gasteiger partial charge in [-0.05, 0) is 36.3 Å². The predicted molar refractivity (Wildman–Crippen MR) is 104 cm³/mol. The highest BCUT2D eigenvalue weighted by atomic mass is 16.5. The average molecular weight is 365 g/mol. The molecule has 0 radical (unpaired) electrons. The van der Waals surface area contributed by atoms with E-state index in [9.17, 15) is 4.79 Å². The number of benzene rings is 2. The third kappa shape index (κ3) is 3.46. The fourth-order valence-electron chi connectivity index (χ4n) is 4.98. The van der Waals surface area contributed by atoms with E-state index >= 15 is 0 Å². The first-order chi connectivity index (χ1) is 13.2. The fraction of sp³-hybridized carbons (Fsp3) is 0.435. The summed E-state index contributed by atoms with van der Waals surface area (Å²) in [5.74, 6) is 0.432. The molecule has 4 rings (SSSR count). The van der Waals surface area contributed by atoms with E-state index in [2.05, 4.69) is 42.5 Å². The molecule has 4 heteroatoms. The van der Waals surface area contributed by atoms with Crippen molar-refractivity contribution in [1.29, 1.82) is 0 Å². The number of carbonyl (C=O) groups is 1. The lowest BCUT2D eigenvalue weighted by molar-refractivity contribution is 0.0124. The lowest BCUT2D eigenvalue weighted by atomic mass is 9.69. The summed E-state index contributed by atoms with van der Waals surface area (Å²) < 4.78 is 11.0. The van der Waals surface area contributed by atoms with Crippen molar-refractivity contribution in [2.75, 3.05) is 20.3 Å². The van der Waals surface area contributed by atoms with E-state index < -0.39 is 0 Å². The Morgan fingerprint density at radius 3 is 2.56 bits per heavy atom. The van der Waals surface area contributed by atoms with Gasteiger partial charge >= 0.3 is 6.09 Å². The molecule has 1 aliphatic carbocycles. The van der Waals surface area contributed by atoms with Crippen LogP contribution in [0.5, 0.6) is 0 Å². The number of amides is 1. The Labute approximate surface area is 161 Å². The Bertz CT molecular complexity index is 764. The molecular weight excluding hydrogens is 338 g/mol. The lowest BCUT2D eigenvalue weighted by Gasteiger charge is -2.40. The van der Waals surface area contributed by atoms with Crippen molar-refractivity contribution in [3.63, 3.8) is 0 Å². The van der Waals surface area contributed by atoms with Gasteiger partial charge in [-0.2, -0.15) is 0 Å². The zero-order valence-corrected chi connectivity index (χ0v) is 15.8. The van der Waals surface area contributed by atoms with Gasteiger partial charge in [0.2, 0.25) is 0 Å². The summed E-state index contributed by atoms with van der Waals surface area (Å²) >= 11 is 0. The summed E-state index contributed by atoms with van der Waals surface area (Å²) in [6.07, 6.45) is 2.69. The van der Waals surface area contributed by atoms with Gasteiger partial charge in [0, 0.05) is 24.6 Å². The van der Waals surface area contributed by atoms with Crippen LogP contribution in [0.25, 0.3) is 0 Å². The van der Waals surface area contributed by atoms with Crippen LogP contribution in [0, 0.1) is 5.92 Å². The van der Waals surface area contributed by atoms with Crippen LogP contribution < -0.4 is 0 Å². The van der Waals surface area contributed by atoms with Crippen LogP contribution >= 0.6 is 0 Å². The van der Waals surface area contributed by atoms with Crippen LogP contribution in [0.1, 0.15) is 30.4 Å². The van der Waals surface area contributed by atoms with E-state index in [1.807, 2.05) is 23.1 Å². The number of methoxy groups -OCH3 is 1. The summed E-state index contributed by atoms with van der Waals surface area (Å²) in [6, 6.07) is 21.1. The zero-order valence-electron chi connectivity index (χ0n) is 15.8. The molecule has 0 aromatic heterocycles. The normalized spacial score (nSPS) is 27.0. The van der Waals surface area contributed by atoms with Crippen molar-refractivity contribution in [1.82, 2.24) is 4.90 Å². The highest BCUT2D eigenvalue weighted by molar-refractivity contribution is 5.68. The molecule has 1 amide bonds. The number of carbonyl (C=O) groups excluding carboxylic acids is 1. The maximum atomic E-state index is 12.6. The minimum atomic E-state index is -0.244. The maximum absolute atomic E-state index is 12.6. The van der Waals surface area contributed by atoms with Gasteiger partial charge in [-0.1, -0.05) is 60.7 Å². The van der Waals surface area contributed by atoms with Gasteiger partial charge in [0.1, 0.15) is 0 Å². The minimum Gasteiger partial charge on any atom is -0.453 e. The smallest absolute Gasteiger partial charge is 0.410 e. The van der Waals surface area contributed by atoms with Crippen molar-refractivity contribution in [3.05, 3.63) is 71.8 Å². The molecule has 142 valence electrons. The van der Waals surface area contributed by atoms with Gasteiger partial charge in [-0.3, -0.25) is 0 Å². The van der Waals surface area contributed by atoms with E-state index in [-0.39, 0.29) is 17.6 Å². The molecule has 0 spiro atoms. The average Bonchev–Trinajstić information content (AvgIpc) is 3.13. The van der Waals surface area contributed by atoms with Crippen LogP contribution in [-0.4, -0.2) is 37.4 Å². The molecule has 3 atom stereocenters. The van der Waals surface area contributed by atoms with Gasteiger partial charge in [0.05, 0.1) is 13.7 Å². The fourth-order valence-corrected chi connectivity index (χ4v) is 4.98. The number of hydrogen-bond acceptors (Lipinski definition) is 3. The Morgan fingerprint density at radius 2 is 1.85 bits per heavy atom. The molecule has 1 saturated carbocycles. The van der Waals surface area contributed by atoms with E-state index in [4.69, 9.17) is 9.47 Å². The van der Waals surface area contributed by atoms with Crippen molar-refractivity contribution < 1.29 is 14.3 Å². The quantitative estimate of drug-likeness (QED) is 0.806. The predicted octanol–water partition coefficient (Wildman–Crippen LogP) is 4.39. The summed E-state index contributed by atoms with van der Waals surface area (Å²) in [7, 11) is 1.47. The summed E-state index contributed by atoms with van der Waals surface area (Å²) in [5, 5.41) is 0. The van der Waals surface area contributed by atoms with Crippen LogP contribution in [0.2, 0.25) is 0 Å². The second kappa shape index (κ2) is 7.73. The van der Waals surface area contributed by atoms with Gasteiger partial charge in [0.25, 0.3) is 0 Å². The molecule has 0 bridgehead atoms. The molecule has 1 aliphatic heterocycles.